The Morgan fingerprint density at radius 3 is 2.59 bits per heavy atom. The molecule has 0 fully saturated rings. The lowest BCUT2D eigenvalue weighted by Gasteiger charge is -2.11. The van der Waals surface area contributed by atoms with Crippen LogP contribution in [0.1, 0.15) is 0 Å². The highest BCUT2D eigenvalue weighted by atomic mass is 35.5. The number of aromatic amines is 1. The quantitative estimate of drug-likeness (QED) is 0.628. The second-order valence-corrected chi connectivity index (χ2v) is 6.34. The predicted octanol–water partition coefficient (Wildman–Crippen LogP) is 5.36. The summed E-state index contributed by atoms with van der Waals surface area (Å²) < 4.78 is 13.5. The number of hydrogen-bond donors (Lipinski definition) is 1. The highest BCUT2D eigenvalue weighted by Gasteiger charge is 2.16. The summed E-state index contributed by atoms with van der Waals surface area (Å²) >= 11 is 13.5. The molecule has 0 spiro atoms. The fourth-order valence-corrected chi connectivity index (χ4v) is 3.45. The van der Waals surface area contributed by atoms with Crippen LogP contribution in [0.4, 0.5) is 4.39 Å². The average Bonchev–Trinajstić information content (AvgIpc) is 2.49. The summed E-state index contributed by atoms with van der Waals surface area (Å²) in [5, 5.41) is 1.83. The van der Waals surface area contributed by atoms with E-state index in [0.717, 1.165) is 0 Å². The van der Waals surface area contributed by atoms with Crippen molar-refractivity contribution < 1.29 is 4.39 Å². The number of fused-ring (bicyclic) bond motifs is 1. The van der Waals surface area contributed by atoms with Gasteiger partial charge in [-0.05, 0) is 36.6 Å². The lowest BCUT2D eigenvalue weighted by Crippen LogP contribution is -2.09. The summed E-state index contributed by atoms with van der Waals surface area (Å²) in [6.45, 7) is 0. The van der Waals surface area contributed by atoms with Gasteiger partial charge in [0.15, 0.2) is 5.43 Å². The van der Waals surface area contributed by atoms with E-state index in [4.69, 9.17) is 23.2 Å². The summed E-state index contributed by atoms with van der Waals surface area (Å²) in [6, 6.07) is 9.04. The van der Waals surface area contributed by atoms with Gasteiger partial charge in [0.1, 0.15) is 5.82 Å². The molecule has 1 N–H and O–H groups in total. The third-order valence-corrected chi connectivity index (χ3v) is 4.60. The second kappa shape index (κ2) is 5.95. The highest BCUT2D eigenvalue weighted by molar-refractivity contribution is 7.98. The van der Waals surface area contributed by atoms with E-state index in [-0.39, 0.29) is 5.43 Å². The van der Waals surface area contributed by atoms with Crippen LogP contribution in [0.2, 0.25) is 10.0 Å². The minimum absolute atomic E-state index is 0.262. The predicted molar refractivity (Wildman–Crippen MR) is 91.8 cm³/mol. The molecule has 2 nitrogen and oxygen atoms in total. The first-order chi connectivity index (χ1) is 10.5. The van der Waals surface area contributed by atoms with Gasteiger partial charge in [0, 0.05) is 16.0 Å². The van der Waals surface area contributed by atoms with Crippen molar-refractivity contribution in [3.63, 3.8) is 0 Å². The molecule has 0 bridgehead atoms. The van der Waals surface area contributed by atoms with Gasteiger partial charge < -0.3 is 4.98 Å². The summed E-state index contributed by atoms with van der Waals surface area (Å²) in [5.41, 5.74) is 1.32. The standard InChI is InChI=1S/C16H10Cl2FNOS/c1-22-16-14(10-4-2-8(17)6-12(10)18)15(21)11-7-9(19)3-5-13(11)20-16/h2-7H,1H3,(H,20,21). The molecule has 1 heterocycles. The monoisotopic (exact) mass is 353 g/mol. The molecule has 22 heavy (non-hydrogen) atoms. The van der Waals surface area contributed by atoms with E-state index in [1.165, 1.54) is 23.9 Å². The van der Waals surface area contributed by atoms with Gasteiger partial charge in [0.05, 0.1) is 21.1 Å². The zero-order chi connectivity index (χ0) is 15.9. The molecule has 0 aliphatic rings. The van der Waals surface area contributed by atoms with Crippen molar-refractivity contribution in [2.24, 2.45) is 0 Å². The SMILES string of the molecule is CSc1[nH]c2ccc(F)cc2c(=O)c1-c1ccc(Cl)cc1Cl. The summed E-state index contributed by atoms with van der Waals surface area (Å²) in [7, 11) is 0. The maximum absolute atomic E-state index is 13.5. The number of aromatic nitrogens is 1. The Labute approximate surface area is 140 Å². The smallest absolute Gasteiger partial charge is 0.198 e. The number of rotatable bonds is 2. The fraction of sp³-hybridized carbons (Fsp3) is 0.0625. The van der Waals surface area contributed by atoms with Crippen LogP contribution in [0.25, 0.3) is 22.0 Å². The maximum atomic E-state index is 13.5. The molecule has 0 aliphatic heterocycles. The van der Waals surface area contributed by atoms with Gasteiger partial charge in [-0.2, -0.15) is 0 Å². The molecule has 3 rings (SSSR count). The van der Waals surface area contributed by atoms with Crippen LogP contribution in [0.5, 0.6) is 0 Å². The number of benzene rings is 2. The van der Waals surface area contributed by atoms with Gasteiger partial charge in [0.25, 0.3) is 0 Å². The van der Waals surface area contributed by atoms with Crippen molar-refractivity contribution in [2.45, 2.75) is 5.03 Å². The number of H-pyrrole nitrogens is 1. The van der Waals surface area contributed by atoms with Gasteiger partial charge in [-0.15, -0.1) is 11.8 Å². The van der Waals surface area contributed by atoms with Crippen LogP contribution in [0, 0.1) is 5.82 Å². The van der Waals surface area contributed by atoms with E-state index < -0.39 is 5.82 Å². The molecule has 0 saturated heterocycles. The Kier molecular flexibility index (Phi) is 4.17. The summed E-state index contributed by atoms with van der Waals surface area (Å²) in [4.78, 5) is 16.0. The van der Waals surface area contributed by atoms with E-state index in [9.17, 15) is 9.18 Å². The molecule has 0 unspecified atom stereocenters. The Balaban J connectivity index is 2.41. The molecule has 0 saturated carbocycles. The topological polar surface area (TPSA) is 32.9 Å². The van der Waals surface area contributed by atoms with Gasteiger partial charge in [-0.3, -0.25) is 4.79 Å². The van der Waals surface area contributed by atoms with Crippen molar-refractivity contribution in [3.8, 4) is 11.1 Å². The van der Waals surface area contributed by atoms with Gasteiger partial charge in [0.2, 0.25) is 0 Å². The van der Waals surface area contributed by atoms with Crippen LogP contribution in [-0.4, -0.2) is 11.2 Å². The minimum Gasteiger partial charge on any atom is -0.349 e. The van der Waals surface area contributed by atoms with E-state index in [0.29, 0.717) is 37.1 Å². The fourth-order valence-electron chi connectivity index (χ4n) is 2.33. The van der Waals surface area contributed by atoms with Gasteiger partial charge in [-0.25, -0.2) is 4.39 Å². The van der Waals surface area contributed by atoms with Crippen molar-refractivity contribution in [3.05, 3.63) is 62.5 Å². The molecule has 0 radical (unpaired) electrons. The molecule has 2 aromatic carbocycles. The number of nitrogens with one attached hydrogen (secondary N) is 1. The van der Waals surface area contributed by atoms with Crippen molar-refractivity contribution >= 4 is 45.9 Å². The third-order valence-electron chi connectivity index (χ3n) is 3.33. The number of halogens is 3. The third kappa shape index (κ3) is 2.62. The summed E-state index contributed by atoms with van der Waals surface area (Å²) in [5.74, 6) is -0.456. The lowest BCUT2D eigenvalue weighted by molar-refractivity contribution is 0.629. The second-order valence-electron chi connectivity index (χ2n) is 4.68. The zero-order valence-electron chi connectivity index (χ0n) is 11.4. The van der Waals surface area contributed by atoms with Gasteiger partial charge >= 0.3 is 0 Å². The first-order valence-corrected chi connectivity index (χ1v) is 8.34. The molecule has 112 valence electrons. The maximum Gasteiger partial charge on any atom is 0.198 e. The van der Waals surface area contributed by atoms with Crippen LogP contribution in [0.3, 0.4) is 0 Å². The first-order valence-electron chi connectivity index (χ1n) is 6.36. The number of pyridine rings is 1. The van der Waals surface area contributed by atoms with E-state index in [1.807, 2.05) is 6.26 Å². The average molecular weight is 354 g/mol. The first kappa shape index (κ1) is 15.4. The Hall–Kier alpha value is -1.49. The van der Waals surface area contributed by atoms with Crippen molar-refractivity contribution in [2.75, 3.05) is 6.26 Å². The summed E-state index contributed by atoms with van der Waals surface area (Å²) in [6.07, 6.45) is 1.86. The van der Waals surface area contributed by atoms with Crippen LogP contribution < -0.4 is 5.43 Å². The highest BCUT2D eigenvalue weighted by Crippen LogP contribution is 2.34. The van der Waals surface area contributed by atoms with E-state index in [1.54, 1.807) is 24.3 Å². The number of hydrogen-bond acceptors (Lipinski definition) is 2. The van der Waals surface area contributed by atoms with E-state index >= 15 is 0 Å². The Morgan fingerprint density at radius 2 is 1.91 bits per heavy atom. The van der Waals surface area contributed by atoms with Gasteiger partial charge in [-0.1, -0.05) is 29.3 Å². The largest absolute Gasteiger partial charge is 0.349 e. The molecular weight excluding hydrogens is 344 g/mol. The van der Waals surface area contributed by atoms with Crippen molar-refractivity contribution in [1.29, 1.82) is 0 Å². The molecule has 0 atom stereocenters. The molecule has 6 heteroatoms. The Bertz CT molecular complexity index is 939. The van der Waals surface area contributed by atoms with Crippen LogP contribution in [-0.2, 0) is 0 Å². The number of thioether (sulfide) groups is 1. The van der Waals surface area contributed by atoms with Crippen LogP contribution in [0.15, 0.2) is 46.2 Å². The molecule has 0 aliphatic carbocycles. The molecular formula is C16H10Cl2FNOS. The van der Waals surface area contributed by atoms with E-state index in [2.05, 4.69) is 4.98 Å². The molecule has 1 aromatic heterocycles. The normalized spacial score (nSPS) is 11.1. The molecule has 0 amide bonds. The molecule has 3 aromatic rings. The zero-order valence-corrected chi connectivity index (χ0v) is 13.7. The minimum atomic E-state index is -0.456. The lowest BCUT2D eigenvalue weighted by atomic mass is 10.0. The Morgan fingerprint density at radius 1 is 1.14 bits per heavy atom. The van der Waals surface area contributed by atoms with Crippen molar-refractivity contribution in [1.82, 2.24) is 4.98 Å². The van der Waals surface area contributed by atoms with Crippen LogP contribution >= 0.6 is 35.0 Å².